The van der Waals surface area contributed by atoms with E-state index in [4.69, 9.17) is 9.47 Å². The number of methoxy groups -OCH3 is 2. The second-order valence-corrected chi connectivity index (χ2v) is 8.31. The molecular weight excluding hydrogens is 392 g/mol. The molecule has 1 fully saturated rings. The Kier molecular flexibility index (Phi) is 6.44. The molecule has 6 heteroatoms. The van der Waals surface area contributed by atoms with Crippen molar-refractivity contribution in [3.05, 3.63) is 59.2 Å². The average Bonchev–Trinajstić information content (AvgIpc) is 3.64. The van der Waals surface area contributed by atoms with E-state index >= 15 is 0 Å². The maximum atomic E-state index is 13.2. The van der Waals surface area contributed by atoms with Crippen molar-refractivity contribution in [1.82, 2.24) is 10.2 Å². The van der Waals surface area contributed by atoms with Gasteiger partial charge in [0.15, 0.2) is 11.5 Å². The summed E-state index contributed by atoms with van der Waals surface area (Å²) < 4.78 is 11.0. The lowest BCUT2D eigenvalue weighted by molar-refractivity contribution is -0.147. The quantitative estimate of drug-likeness (QED) is 0.548. The first-order valence-corrected chi connectivity index (χ1v) is 11.0. The Hall–Kier alpha value is -3.02. The number of hydrogen-bond donors (Lipinski definition) is 1. The molecule has 164 valence electrons. The van der Waals surface area contributed by atoms with Crippen molar-refractivity contribution >= 4 is 11.8 Å². The van der Waals surface area contributed by atoms with Crippen molar-refractivity contribution in [2.24, 2.45) is 5.92 Å². The largest absolute Gasteiger partial charge is 0.493 e. The molecular formula is C25H30N2O4. The highest BCUT2D eigenvalue weighted by Gasteiger charge is 2.35. The van der Waals surface area contributed by atoms with Crippen LogP contribution in [0.25, 0.3) is 0 Å². The zero-order valence-electron chi connectivity index (χ0n) is 18.2. The van der Waals surface area contributed by atoms with E-state index in [1.54, 1.807) is 19.1 Å². The van der Waals surface area contributed by atoms with Crippen LogP contribution in [0.1, 0.15) is 48.4 Å². The first kappa shape index (κ1) is 21.2. The van der Waals surface area contributed by atoms with Gasteiger partial charge in [0.25, 0.3) is 0 Å². The highest BCUT2D eigenvalue weighted by molar-refractivity contribution is 6.35. The first-order chi connectivity index (χ1) is 15.1. The van der Waals surface area contributed by atoms with Gasteiger partial charge in [0.05, 0.1) is 20.3 Å². The Labute approximate surface area is 183 Å². The van der Waals surface area contributed by atoms with Crippen molar-refractivity contribution < 1.29 is 19.1 Å². The number of amides is 2. The van der Waals surface area contributed by atoms with Crippen LogP contribution in [0.15, 0.2) is 42.5 Å². The Balaban J connectivity index is 1.59. The van der Waals surface area contributed by atoms with Gasteiger partial charge in [-0.2, -0.15) is 0 Å². The zero-order chi connectivity index (χ0) is 21.8. The third kappa shape index (κ3) is 4.68. The molecule has 1 aliphatic heterocycles. The molecule has 2 aromatic rings. The van der Waals surface area contributed by atoms with Crippen LogP contribution >= 0.6 is 0 Å². The molecule has 1 heterocycles. The summed E-state index contributed by atoms with van der Waals surface area (Å²) >= 11 is 0. The smallest absolute Gasteiger partial charge is 0.312 e. The van der Waals surface area contributed by atoms with E-state index in [1.807, 2.05) is 42.5 Å². The Bertz CT molecular complexity index is 940. The predicted molar refractivity (Wildman–Crippen MR) is 118 cm³/mol. The van der Waals surface area contributed by atoms with Gasteiger partial charge in [-0.15, -0.1) is 0 Å². The maximum absolute atomic E-state index is 13.2. The summed E-state index contributed by atoms with van der Waals surface area (Å²) in [6.45, 7) is 1.02. The summed E-state index contributed by atoms with van der Waals surface area (Å²) in [7, 11) is 3.22. The van der Waals surface area contributed by atoms with Gasteiger partial charge < -0.3 is 19.7 Å². The van der Waals surface area contributed by atoms with Gasteiger partial charge in [0.1, 0.15) is 0 Å². The molecule has 1 N–H and O–H groups in total. The van der Waals surface area contributed by atoms with Crippen molar-refractivity contribution in [2.45, 2.75) is 38.1 Å². The fourth-order valence-electron chi connectivity index (χ4n) is 4.36. The standard InChI is InChI=1S/C25H30N2O4/c1-30-21-15-19-12-14-27(25(29)24(28)26-13-6-7-17-10-11-17)23(18-8-4-3-5-9-18)20(19)16-22(21)31-2/h3-5,8-9,15-17,23H,6-7,10-14H2,1-2H3,(H,26,28). The molecule has 1 atom stereocenters. The van der Waals surface area contributed by atoms with Crippen molar-refractivity contribution in [3.8, 4) is 11.5 Å². The van der Waals surface area contributed by atoms with E-state index in [9.17, 15) is 9.59 Å². The maximum Gasteiger partial charge on any atom is 0.312 e. The normalized spacial score (nSPS) is 17.6. The Morgan fingerprint density at radius 2 is 1.77 bits per heavy atom. The third-order valence-corrected chi connectivity index (χ3v) is 6.22. The second kappa shape index (κ2) is 9.41. The summed E-state index contributed by atoms with van der Waals surface area (Å²) in [5.74, 6) is 1.09. The first-order valence-electron chi connectivity index (χ1n) is 11.0. The minimum Gasteiger partial charge on any atom is -0.493 e. The molecule has 0 spiro atoms. The number of benzene rings is 2. The Morgan fingerprint density at radius 1 is 1.06 bits per heavy atom. The van der Waals surface area contributed by atoms with Gasteiger partial charge in [0, 0.05) is 13.1 Å². The molecule has 6 nitrogen and oxygen atoms in total. The molecule has 31 heavy (non-hydrogen) atoms. The fourth-order valence-corrected chi connectivity index (χ4v) is 4.36. The molecule has 1 unspecified atom stereocenters. The lowest BCUT2D eigenvalue weighted by atomic mass is 9.87. The predicted octanol–water partition coefficient (Wildman–Crippen LogP) is 3.48. The molecule has 2 aliphatic rings. The van der Waals surface area contributed by atoms with E-state index < -0.39 is 11.8 Å². The summed E-state index contributed by atoms with van der Waals surface area (Å²) in [6.07, 6.45) is 5.30. The van der Waals surface area contributed by atoms with Crippen molar-refractivity contribution in [1.29, 1.82) is 0 Å². The average molecular weight is 423 g/mol. The lowest BCUT2D eigenvalue weighted by Gasteiger charge is -2.37. The molecule has 2 aromatic carbocycles. The van der Waals surface area contributed by atoms with Gasteiger partial charge in [0.2, 0.25) is 0 Å². The van der Waals surface area contributed by atoms with Crippen LogP contribution in [0.2, 0.25) is 0 Å². The van der Waals surface area contributed by atoms with Gasteiger partial charge in [-0.3, -0.25) is 9.59 Å². The third-order valence-electron chi connectivity index (χ3n) is 6.22. The van der Waals surface area contributed by atoms with E-state index in [-0.39, 0.29) is 6.04 Å². The number of carbonyl (C=O) groups is 2. The molecule has 2 amide bonds. The summed E-state index contributed by atoms with van der Waals surface area (Å²) in [6, 6.07) is 13.4. The van der Waals surface area contributed by atoms with Gasteiger partial charge in [-0.05, 0) is 54.0 Å². The number of nitrogens with one attached hydrogen (secondary N) is 1. The number of ether oxygens (including phenoxy) is 2. The van der Waals surface area contributed by atoms with Crippen LogP contribution in [-0.2, 0) is 16.0 Å². The molecule has 4 rings (SSSR count). The second-order valence-electron chi connectivity index (χ2n) is 8.31. The molecule has 0 bridgehead atoms. The van der Waals surface area contributed by atoms with Gasteiger partial charge >= 0.3 is 11.8 Å². The molecule has 1 aliphatic carbocycles. The van der Waals surface area contributed by atoms with Crippen LogP contribution in [0.3, 0.4) is 0 Å². The van der Waals surface area contributed by atoms with E-state index in [0.717, 1.165) is 35.4 Å². The molecule has 1 saturated carbocycles. The van der Waals surface area contributed by atoms with Crippen LogP contribution in [0.4, 0.5) is 0 Å². The van der Waals surface area contributed by atoms with E-state index in [1.165, 1.54) is 12.8 Å². The minimum atomic E-state index is -0.527. The van der Waals surface area contributed by atoms with Crippen molar-refractivity contribution in [2.75, 3.05) is 27.3 Å². The van der Waals surface area contributed by atoms with Gasteiger partial charge in [-0.25, -0.2) is 0 Å². The molecule has 0 aromatic heterocycles. The highest BCUT2D eigenvalue weighted by Crippen LogP contribution is 2.41. The summed E-state index contributed by atoms with van der Waals surface area (Å²) in [5.41, 5.74) is 3.02. The fraction of sp³-hybridized carbons (Fsp3) is 0.440. The van der Waals surface area contributed by atoms with Crippen LogP contribution < -0.4 is 14.8 Å². The SMILES string of the molecule is COc1cc2c(cc1OC)C(c1ccccc1)N(C(=O)C(=O)NCCCC1CC1)CC2. The van der Waals surface area contributed by atoms with E-state index in [2.05, 4.69) is 5.32 Å². The van der Waals surface area contributed by atoms with Crippen LogP contribution in [0, 0.1) is 5.92 Å². The van der Waals surface area contributed by atoms with Crippen molar-refractivity contribution in [3.63, 3.8) is 0 Å². The Morgan fingerprint density at radius 3 is 2.45 bits per heavy atom. The number of rotatable bonds is 7. The lowest BCUT2D eigenvalue weighted by Crippen LogP contribution is -2.48. The molecule has 0 radical (unpaired) electrons. The highest BCUT2D eigenvalue weighted by atomic mass is 16.5. The van der Waals surface area contributed by atoms with E-state index in [0.29, 0.717) is 31.0 Å². The van der Waals surface area contributed by atoms with Gasteiger partial charge in [-0.1, -0.05) is 43.2 Å². The van der Waals surface area contributed by atoms with Crippen LogP contribution in [0.5, 0.6) is 11.5 Å². The number of nitrogens with zero attached hydrogens (tertiary/aromatic N) is 1. The van der Waals surface area contributed by atoms with Crippen LogP contribution in [-0.4, -0.2) is 44.0 Å². The topological polar surface area (TPSA) is 67.9 Å². The number of hydrogen-bond acceptors (Lipinski definition) is 4. The molecule has 0 saturated heterocycles. The summed E-state index contributed by atoms with van der Waals surface area (Å²) in [5, 5.41) is 2.82. The zero-order valence-corrected chi connectivity index (χ0v) is 18.2. The monoisotopic (exact) mass is 422 g/mol. The number of fused-ring (bicyclic) bond motifs is 1. The number of carbonyl (C=O) groups excluding carboxylic acids is 2. The minimum absolute atomic E-state index is 0.352. The summed E-state index contributed by atoms with van der Waals surface area (Å²) in [4.78, 5) is 27.5.